The summed E-state index contributed by atoms with van der Waals surface area (Å²) >= 11 is 0. The fourth-order valence-electron chi connectivity index (χ4n) is 3.95. The van der Waals surface area contributed by atoms with Crippen LogP contribution in [0, 0.1) is 17.8 Å². The van der Waals surface area contributed by atoms with E-state index in [0.717, 1.165) is 24.0 Å². The second kappa shape index (κ2) is 6.99. The number of carbonyl (C=O) groups is 1. The molecule has 3 rings (SSSR count). The van der Waals surface area contributed by atoms with Gasteiger partial charge in [0.15, 0.2) is 0 Å². The summed E-state index contributed by atoms with van der Waals surface area (Å²) in [5, 5.41) is 12.5. The number of carbonyl (C=O) groups excluding carboxylic acids is 1. The molecule has 0 saturated heterocycles. The third-order valence-electron chi connectivity index (χ3n) is 5.21. The molecule has 5 unspecified atom stereocenters. The molecular weight excluding hydrogens is 300 g/mol. The number of hydrogen-bond acceptors (Lipinski definition) is 3. The minimum atomic E-state index is -0.458. The second-order valence-corrected chi connectivity index (χ2v) is 6.57. The summed E-state index contributed by atoms with van der Waals surface area (Å²) in [7, 11) is 0. The molecule has 2 fully saturated rings. The van der Waals surface area contributed by atoms with Crippen LogP contribution in [0.1, 0.15) is 43.4 Å². The zero-order valence-electron chi connectivity index (χ0n) is 12.9. The fourth-order valence-corrected chi connectivity index (χ4v) is 3.95. The molecule has 2 bridgehead atoms. The van der Waals surface area contributed by atoms with E-state index in [4.69, 9.17) is 5.73 Å². The largest absolute Gasteiger partial charge is 0.389 e. The van der Waals surface area contributed by atoms with Gasteiger partial charge in [-0.25, -0.2) is 0 Å². The van der Waals surface area contributed by atoms with Gasteiger partial charge in [0.1, 0.15) is 0 Å². The first-order chi connectivity index (χ1) is 10.1. The molecule has 2 aliphatic rings. The number of aliphatic hydroxyl groups is 1. The number of hydrogen-bond donors (Lipinski definition) is 3. The van der Waals surface area contributed by atoms with Gasteiger partial charge in [-0.3, -0.25) is 4.79 Å². The van der Waals surface area contributed by atoms with E-state index in [1.54, 1.807) is 6.92 Å². The molecule has 122 valence electrons. The molecule has 4 N–H and O–H groups in total. The van der Waals surface area contributed by atoms with E-state index in [2.05, 4.69) is 5.32 Å². The van der Waals surface area contributed by atoms with Crippen LogP contribution < -0.4 is 11.1 Å². The summed E-state index contributed by atoms with van der Waals surface area (Å²) in [6.45, 7) is 2.27. The van der Waals surface area contributed by atoms with Crippen molar-refractivity contribution in [2.75, 3.05) is 0 Å². The minimum absolute atomic E-state index is 0. The molecule has 1 aromatic carbocycles. The molecule has 2 aliphatic carbocycles. The van der Waals surface area contributed by atoms with Crippen molar-refractivity contribution in [2.45, 2.75) is 44.9 Å². The van der Waals surface area contributed by atoms with Crippen molar-refractivity contribution in [1.82, 2.24) is 5.32 Å². The van der Waals surface area contributed by atoms with Gasteiger partial charge in [-0.1, -0.05) is 24.3 Å². The van der Waals surface area contributed by atoms with Crippen LogP contribution in [0.3, 0.4) is 0 Å². The Morgan fingerprint density at radius 2 is 1.95 bits per heavy atom. The van der Waals surface area contributed by atoms with Crippen LogP contribution in [0.4, 0.5) is 0 Å². The van der Waals surface area contributed by atoms with Gasteiger partial charge in [-0.15, -0.1) is 12.4 Å². The van der Waals surface area contributed by atoms with Crippen molar-refractivity contribution in [2.24, 2.45) is 23.5 Å². The Balaban J connectivity index is 0.00000176. The smallest absolute Gasteiger partial charge is 0.225 e. The number of benzene rings is 1. The molecule has 22 heavy (non-hydrogen) atoms. The molecule has 0 radical (unpaired) electrons. The lowest BCUT2D eigenvalue weighted by Gasteiger charge is -2.27. The normalized spacial score (nSPS) is 30.7. The Bertz CT molecular complexity index is 516. The topological polar surface area (TPSA) is 75.3 Å². The molecule has 5 atom stereocenters. The van der Waals surface area contributed by atoms with Gasteiger partial charge in [0.25, 0.3) is 0 Å². The lowest BCUT2D eigenvalue weighted by atomic mass is 9.84. The van der Waals surface area contributed by atoms with Crippen molar-refractivity contribution >= 4 is 18.3 Å². The SMILES string of the molecule is CC(O)c1ccc(CNC(=O)C2C3CCC(C3)C2N)cc1.Cl. The first-order valence-corrected chi connectivity index (χ1v) is 7.86. The number of rotatable bonds is 4. The van der Waals surface area contributed by atoms with Crippen LogP contribution in [-0.4, -0.2) is 17.1 Å². The minimum Gasteiger partial charge on any atom is -0.389 e. The van der Waals surface area contributed by atoms with Crippen LogP contribution in [0.5, 0.6) is 0 Å². The summed E-state index contributed by atoms with van der Waals surface area (Å²) in [5.41, 5.74) is 8.13. The Morgan fingerprint density at radius 1 is 1.32 bits per heavy atom. The highest BCUT2D eigenvalue weighted by Gasteiger charge is 2.48. The lowest BCUT2D eigenvalue weighted by Crippen LogP contribution is -2.45. The van der Waals surface area contributed by atoms with E-state index < -0.39 is 6.10 Å². The molecule has 2 saturated carbocycles. The maximum atomic E-state index is 12.4. The Labute approximate surface area is 137 Å². The molecule has 0 aliphatic heterocycles. The predicted molar refractivity (Wildman–Crippen MR) is 88.5 cm³/mol. The summed E-state index contributed by atoms with van der Waals surface area (Å²) in [6.07, 6.45) is 3.01. The molecule has 4 nitrogen and oxygen atoms in total. The van der Waals surface area contributed by atoms with Gasteiger partial charge < -0.3 is 16.2 Å². The summed E-state index contributed by atoms with van der Waals surface area (Å²) in [4.78, 5) is 12.4. The summed E-state index contributed by atoms with van der Waals surface area (Å²) in [6, 6.07) is 7.73. The summed E-state index contributed by atoms with van der Waals surface area (Å²) < 4.78 is 0. The molecule has 0 aromatic heterocycles. The number of amides is 1. The first kappa shape index (κ1) is 17.3. The molecule has 0 heterocycles. The van der Waals surface area contributed by atoms with Crippen molar-refractivity contribution in [1.29, 1.82) is 0 Å². The monoisotopic (exact) mass is 324 g/mol. The average molecular weight is 325 g/mol. The Hall–Kier alpha value is -1.10. The quantitative estimate of drug-likeness (QED) is 0.794. The Kier molecular flexibility index (Phi) is 5.48. The van der Waals surface area contributed by atoms with E-state index in [1.165, 1.54) is 6.42 Å². The van der Waals surface area contributed by atoms with Gasteiger partial charge in [0.05, 0.1) is 12.0 Å². The van der Waals surface area contributed by atoms with Gasteiger partial charge in [-0.2, -0.15) is 0 Å². The lowest BCUT2D eigenvalue weighted by molar-refractivity contribution is -0.127. The maximum Gasteiger partial charge on any atom is 0.225 e. The van der Waals surface area contributed by atoms with Crippen molar-refractivity contribution < 1.29 is 9.90 Å². The number of nitrogens with two attached hydrogens (primary N) is 1. The van der Waals surface area contributed by atoms with Crippen LogP contribution in [0.15, 0.2) is 24.3 Å². The second-order valence-electron chi connectivity index (χ2n) is 6.57. The van der Waals surface area contributed by atoms with Gasteiger partial charge in [0.2, 0.25) is 5.91 Å². The van der Waals surface area contributed by atoms with E-state index >= 15 is 0 Å². The Morgan fingerprint density at radius 3 is 2.50 bits per heavy atom. The summed E-state index contributed by atoms with van der Waals surface area (Å²) in [5.74, 6) is 1.15. The third kappa shape index (κ3) is 3.29. The molecule has 5 heteroatoms. The number of aliphatic hydroxyl groups excluding tert-OH is 1. The standard InChI is InChI=1S/C17H24N2O2.ClH/c1-10(20)12-4-2-11(3-5-12)9-19-17(21)15-13-6-7-14(8-13)16(15)18;/h2-5,10,13-16,20H,6-9,18H2,1H3,(H,19,21);1H. The van der Waals surface area contributed by atoms with Crippen molar-refractivity contribution in [3.05, 3.63) is 35.4 Å². The van der Waals surface area contributed by atoms with Crippen LogP contribution in [0.25, 0.3) is 0 Å². The predicted octanol–water partition coefficient (Wildman–Crippen LogP) is 2.15. The third-order valence-corrected chi connectivity index (χ3v) is 5.21. The van der Waals surface area contributed by atoms with Crippen LogP contribution in [-0.2, 0) is 11.3 Å². The zero-order valence-corrected chi connectivity index (χ0v) is 13.7. The molecular formula is C17H25ClN2O2. The highest BCUT2D eigenvalue weighted by atomic mass is 35.5. The average Bonchev–Trinajstić information content (AvgIpc) is 3.06. The molecule has 1 aromatic rings. The number of nitrogens with one attached hydrogen (secondary N) is 1. The van der Waals surface area contributed by atoms with Crippen LogP contribution >= 0.6 is 12.4 Å². The van der Waals surface area contributed by atoms with E-state index in [1.807, 2.05) is 24.3 Å². The number of halogens is 1. The highest BCUT2D eigenvalue weighted by Crippen LogP contribution is 2.47. The highest BCUT2D eigenvalue weighted by molar-refractivity contribution is 5.85. The fraction of sp³-hybridized carbons (Fsp3) is 0.588. The van der Waals surface area contributed by atoms with Crippen molar-refractivity contribution in [3.63, 3.8) is 0 Å². The van der Waals surface area contributed by atoms with Crippen LogP contribution in [0.2, 0.25) is 0 Å². The zero-order chi connectivity index (χ0) is 15.0. The van der Waals surface area contributed by atoms with Gasteiger partial charge >= 0.3 is 0 Å². The van der Waals surface area contributed by atoms with Gasteiger partial charge in [-0.05, 0) is 49.1 Å². The molecule has 0 spiro atoms. The van der Waals surface area contributed by atoms with E-state index in [9.17, 15) is 9.90 Å². The van der Waals surface area contributed by atoms with Crippen molar-refractivity contribution in [3.8, 4) is 0 Å². The number of fused-ring (bicyclic) bond motifs is 2. The van der Waals surface area contributed by atoms with E-state index in [0.29, 0.717) is 18.4 Å². The maximum absolute atomic E-state index is 12.4. The first-order valence-electron chi connectivity index (χ1n) is 7.86. The van der Waals surface area contributed by atoms with Gasteiger partial charge in [0, 0.05) is 12.6 Å². The molecule has 1 amide bonds. The van der Waals surface area contributed by atoms with E-state index in [-0.39, 0.29) is 30.3 Å².